The molecular formula is C19H28O4Si4. The molecule has 0 aromatic heterocycles. The predicted molar refractivity (Wildman–Crippen MR) is 119 cm³/mol. The van der Waals surface area contributed by atoms with Gasteiger partial charge < -0.3 is 16.5 Å². The van der Waals surface area contributed by atoms with Crippen molar-refractivity contribution in [3.05, 3.63) is 72.9 Å². The average Bonchev–Trinajstić information content (AvgIpc) is 2.61. The molecule has 27 heavy (non-hydrogen) atoms. The third kappa shape index (κ3) is 4.49. The summed E-state index contributed by atoms with van der Waals surface area (Å²) in [5.41, 5.74) is 1.84. The maximum absolute atomic E-state index is 6.95. The molecule has 8 heteroatoms. The second-order valence-corrected chi connectivity index (χ2v) is 21.1. The van der Waals surface area contributed by atoms with Crippen LogP contribution in [0.1, 0.15) is 0 Å². The maximum atomic E-state index is 6.95. The fourth-order valence-corrected chi connectivity index (χ4v) is 23.6. The van der Waals surface area contributed by atoms with Gasteiger partial charge in [0.2, 0.25) is 0 Å². The van der Waals surface area contributed by atoms with Crippen LogP contribution in [0.3, 0.4) is 0 Å². The number of hydrogen-bond acceptors (Lipinski definition) is 4. The Morgan fingerprint density at radius 3 is 1.52 bits per heavy atom. The molecule has 3 atom stereocenters. The molecule has 0 aliphatic carbocycles. The zero-order valence-corrected chi connectivity index (χ0v) is 20.7. The molecule has 2 aromatic carbocycles. The lowest BCUT2D eigenvalue weighted by Crippen LogP contribution is -2.72. The van der Waals surface area contributed by atoms with Crippen molar-refractivity contribution in [1.82, 2.24) is 0 Å². The molecule has 0 bridgehead atoms. The van der Waals surface area contributed by atoms with Crippen molar-refractivity contribution in [3.63, 3.8) is 0 Å². The van der Waals surface area contributed by atoms with Crippen LogP contribution in [0.5, 0.6) is 0 Å². The highest BCUT2D eigenvalue weighted by Gasteiger charge is 2.56. The van der Waals surface area contributed by atoms with Gasteiger partial charge in [-0.25, -0.2) is 0 Å². The van der Waals surface area contributed by atoms with E-state index >= 15 is 0 Å². The molecule has 1 fully saturated rings. The number of rotatable bonds is 3. The van der Waals surface area contributed by atoms with E-state index in [9.17, 15) is 0 Å². The maximum Gasteiger partial charge on any atom is 0.352 e. The summed E-state index contributed by atoms with van der Waals surface area (Å²) in [6, 6.07) is 20.4. The minimum Gasteiger partial charge on any atom is -0.413 e. The normalized spacial score (nSPS) is 33.7. The summed E-state index contributed by atoms with van der Waals surface area (Å²) in [5.74, 6) is 0. The molecule has 0 radical (unpaired) electrons. The Morgan fingerprint density at radius 2 is 1.07 bits per heavy atom. The van der Waals surface area contributed by atoms with Crippen LogP contribution in [0.2, 0.25) is 32.7 Å². The monoisotopic (exact) mass is 432 g/mol. The Balaban J connectivity index is 2.14. The topological polar surface area (TPSA) is 36.9 Å². The Kier molecular flexibility index (Phi) is 5.63. The van der Waals surface area contributed by atoms with Crippen LogP contribution in [0.4, 0.5) is 0 Å². The lowest BCUT2D eigenvalue weighted by molar-refractivity contribution is 0.249. The predicted octanol–water partition coefficient (Wildman–Crippen LogP) is 3.52. The first-order valence-electron chi connectivity index (χ1n) is 9.15. The van der Waals surface area contributed by atoms with Crippen LogP contribution >= 0.6 is 0 Å². The first-order valence-corrected chi connectivity index (χ1v) is 19.0. The second kappa shape index (κ2) is 7.37. The molecule has 0 N–H and O–H groups in total. The van der Waals surface area contributed by atoms with Crippen LogP contribution in [-0.4, -0.2) is 34.2 Å². The SMILES string of the molecule is C=C[Si]1(C)O[Si](C)(C)O[Si](C)(c2ccccc2)O[Si](C)(c2ccccc2)O1. The van der Waals surface area contributed by atoms with Gasteiger partial charge in [-0.15, -0.1) is 6.58 Å². The summed E-state index contributed by atoms with van der Waals surface area (Å²) in [6.07, 6.45) is 0. The van der Waals surface area contributed by atoms with E-state index < -0.39 is 34.2 Å². The Hall–Kier alpha value is -1.11. The summed E-state index contributed by atoms with van der Waals surface area (Å²) in [6.45, 7) is 14.4. The Morgan fingerprint density at radius 1 is 0.630 bits per heavy atom. The molecule has 0 spiro atoms. The van der Waals surface area contributed by atoms with E-state index in [4.69, 9.17) is 16.5 Å². The molecular weight excluding hydrogens is 405 g/mol. The van der Waals surface area contributed by atoms with Gasteiger partial charge in [-0.3, -0.25) is 0 Å². The highest BCUT2D eigenvalue weighted by Crippen LogP contribution is 2.31. The summed E-state index contributed by atoms with van der Waals surface area (Å²) in [7, 11) is -10.7. The average molecular weight is 433 g/mol. The van der Waals surface area contributed by atoms with Crippen LogP contribution in [0.25, 0.3) is 0 Å². The van der Waals surface area contributed by atoms with E-state index in [-0.39, 0.29) is 0 Å². The van der Waals surface area contributed by atoms with Gasteiger partial charge in [0.15, 0.2) is 0 Å². The molecule has 4 nitrogen and oxygen atoms in total. The molecule has 144 valence electrons. The van der Waals surface area contributed by atoms with Crippen LogP contribution in [0, 0.1) is 0 Å². The van der Waals surface area contributed by atoms with Gasteiger partial charge in [0.1, 0.15) is 0 Å². The molecule has 1 aliphatic heterocycles. The molecule has 0 amide bonds. The molecule has 2 aromatic rings. The largest absolute Gasteiger partial charge is 0.413 e. The zero-order chi connectivity index (χ0) is 19.8. The van der Waals surface area contributed by atoms with E-state index in [1.165, 1.54) is 0 Å². The van der Waals surface area contributed by atoms with Crippen molar-refractivity contribution >= 4 is 44.6 Å². The van der Waals surface area contributed by atoms with Gasteiger partial charge in [-0.1, -0.05) is 66.4 Å². The van der Waals surface area contributed by atoms with Gasteiger partial charge in [-0.05, 0) is 43.1 Å². The third-order valence-electron chi connectivity index (χ3n) is 4.64. The van der Waals surface area contributed by atoms with E-state index in [0.717, 1.165) is 10.4 Å². The number of hydrogen-bond donors (Lipinski definition) is 0. The van der Waals surface area contributed by atoms with Crippen LogP contribution in [0.15, 0.2) is 72.9 Å². The van der Waals surface area contributed by atoms with E-state index in [0.29, 0.717) is 0 Å². The quantitative estimate of drug-likeness (QED) is 0.695. The third-order valence-corrected chi connectivity index (χ3v) is 21.6. The van der Waals surface area contributed by atoms with Crippen molar-refractivity contribution in [2.75, 3.05) is 0 Å². The Labute approximate surface area is 166 Å². The van der Waals surface area contributed by atoms with Gasteiger partial charge >= 0.3 is 34.2 Å². The summed E-state index contributed by atoms with van der Waals surface area (Å²) < 4.78 is 27.0. The van der Waals surface area contributed by atoms with Crippen LogP contribution < -0.4 is 10.4 Å². The summed E-state index contributed by atoms with van der Waals surface area (Å²) in [5, 5.41) is 2.17. The van der Waals surface area contributed by atoms with Gasteiger partial charge in [0.25, 0.3) is 0 Å². The smallest absolute Gasteiger partial charge is 0.352 e. The van der Waals surface area contributed by atoms with Gasteiger partial charge in [0.05, 0.1) is 0 Å². The van der Waals surface area contributed by atoms with Crippen molar-refractivity contribution in [2.45, 2.75) is 32.7 Å². The van der Waals surface area contributed by atoms with Gasteiger partial charge in [0, 0.05) is 0 Å². The summed E-state index contributed by atoms with van der Waals surface area (Å²) in [4.78, 5) is 0. The van der Waals surface area contributed by atoms with Crippen molar-refractivity contribution in [1.29, 1.82) is 0 Å². The molecule has 0 saturated carbocycles. The zero-order valence-electron chi connectivity index (χ0n) is 16.7. The van der Waals surface area contributed by atoms with E-state index in [1.54, 1.807) is 0 Å². The van der Waals surface area contributed by atoms with Crippen LogP contribution in [-0.2, 0) is 16.5 Å². The fourth-order valence-electron chi connectivity index (χ4n) is 3.60. The summed E-state index contributed by atoms with van der Waals surface area (Å²) >= 11 is 0. The molecule has 3 unspecified atom stereocenters. The number of benzene rings is 2. The minimum atomic E-state index is -2.81. The minimum absolute atomic E-state index is 1.08. The lowest BCUT2D eigenvalue weighted by Gasteiger charge is -2.48. The molecule has 1 heterocycles. The first-order chi connectivity index (χ1) is 12.6. The lowest BCUT2D eigenvalue weighted by atomic mass is 10.4. The highest BCUT2D eigenvalue weighted by molar-refractivity contribution is 7.01. The van der Waals surface area contributed by atoms with E-state index in [2.05, 4.69) is 57.0 Å². The van der Waals surface area contributed by atoms with Gasteiger partial charge in [-0.2, -0.15) is 0 Å². The van der Waals surface area contributed by atoms with Crippen molar-refractivity contribution < 1.29 is 16.5 Å². The van der Waals surface area contributed by atoms with Crippen molar-refractivity contribution in [3.8, 4) is 0 Å². The van der Waals surface area contributed by atoms with Crippen molar-refractivity contribution in [2.24, 2.45) is 0 Å². The standard InChI is InChI=1S/C19H28O4Si4/c1-7-25(4)20-24(2,3)21-26(5,18-14-10-8-11-15-18)23-27(6,22-25)19-16-12-9-13-17-19/h7-17H,1H2,2-6H3. The Bertz CT molecular complexity index is 804. The van der Waals surface area contributed by atoms with E-state index in [1.807, 2.05) is 48.6 Å². The highest BCUT2D eigenvalue weighted by atomic mass is 28.5. The first kappa shape index (κ1) is 20.6. The molecule has 1 aliphatic rings. The fraction of sp³-hybridized carbons (Fsp3) is 0.263. The molecule has 3 rings (SSSR count). The molecule has 1 saturated heterocycles. The second-order valence-electron chi connectivity index (χ2n) is 7.65.